The van der Waals surface area contributed by atoms with Gasteiger partial charge in [0.2, 0.25) is 0 Å². The molecule has 0 aromatic carbocycles. The predicted octanol–water partition coefficient (Wildman–Crippen LogP) is 2.82. The molecule has 0 heterocycles. The van der Waals surface area contributed by atoms with Crippen molar-refractivity contribution in [3.63, 3.8) is 0 Å². The maximum absolute atomic E-state index is 12.2. The molecule has 23 heavy (non-hydrogen) atoms. The Balaban J connectivity index is 2.00. The summed E-state index contributed by atoms with van der Waals surface area (Å²) in [6, 6.07) is 0.255. The van der Waals surface area contributed by atoms with Gasteiger partial charge in [-0.25, -0.2) is 0 Å². The van der Waals surface area contributed by atoms with Gasteiger partial charge in [-0.05, 0) is 39.5 Å². The molecule has 5 nitrogen and oxygen atoms in total. The molecular weight excluding hydrogens is 294 g/mol. The van der Waals surface area contributed by atoms with Gasteiger partial charge in [0.25, 0.3) is 0 Å². The average Bonchev–Trinajstić information content (AvgIpc) is 2.56. The van der Waals surface area contributed by atoms with E-state index in [-0.39, 0.29) is 35.9 Å². The van der Waals surface area contributed by atoms with Crippen LogP contribution >= 0.6 is 0 Å². The van der Waals surface area contributed by atoms with Crippen LogP contribution in [0.25, 0.3) is 0 Å². The van der Waals surface area contributed by atoms with Crippen LogP contribution in [-0.4, -0.2) is 37.2 Å². The van der Waals surface area contributed by atoms with Crippen LogP contribution in [0.1, 0.15) is 65.2 Å². The molecule has 0 unspecified atom stereocenters. The number of rotatable bonds is 6. The Morgan fingerprint density at radius 3 is 1.57 bits per heavy atom. The van der Waals surface area contributed by atoms with Crippen molar-refractivity contribution in [2.45, 2.75) is 77.3 Å². The molecule has 1 N–H and O–H groups in total. The molecule has 0 aromatic heterocycles. The normalized spacial score (nSPS) is 31.4. The molecular formula is C18H31NO4. The van der Waals surface area contributed by atoms with Gasteiger partial charge in [-0.1, -0.05) is 25.7 Å². The van der Waals surface area contributed by atoms with E-state index in [0.29, 0.717) is 13.2 Å². The highest BCUT2D eigenvalue weighted by molar-refractivity contribution is 5.74. The molecule has 0 saturated heterocycles. The van der Waals surface area contributed by atoms with E-state index < -0.39 is 0 Å². The molecule has 0 spiro atoms. The minimum absolute atomic E-state index is 0.0755. The van der Waals surface area contributed by atoms with E-state index in [1.54, 1.807) is 0 Å². The van der Waals surface area contributed by atoms with E-state index >= 15 is 0 Å². The first-order chi connectivity index (χ1) is 11.2. The summed E-state index contributed by atoms with van der Waals surface area (Å²) in [5.74, 6) is -0.330. The van der Waals surface area contributed by atoms with Crippen molar-refractivity contribution in [1.82, 2.24) is 5.32 Å². The maximum Gasteiger partial charge on any atom is 0.310 e. The van der Waals surface area contributed by atoms with Crippen molar-refractivity contribution >= 4 is 11.9 Å². The molecule has 0 bridgehead atoms. The molecule has 2 rings (SSSR count). The van der Waals surface area contributed by atoms with Crippen molar-refractivity contribution in [2.75, 3.05) is 13.2 Å². The first-order valence-corrected chi connectivity index (χ1v) is 9.26. The quantitative estimate of drug-likeness (QED) is 0.761. The van der Waals surface area contributed by atoms with E-state index in [4.69, 9.17) is 9.47 Å². The molecule has 2 aliphatic rings. The lowest BCUT2D eigenvalue weighted by atomic mass is 9.80. The zero-order valence-electron chi connectivity index (χ0n) is 14.5. The van der Waals surface area contributed by atoms with Crippen LogP contribution in [-0.2, 0) is 19.1 Å². The number of ether oxygens (including phenoxy) is 2. The van der Waals surface area contributed by atoms with E-state index in [1.165, 1.54) is 0 Å². The number of carbonyl (C=O) groups is 2. The highest BCUT2D eigenvalue weighted by Crippen LogP contribution is 2.30. The number of carbonyl (C=O) groups excluding carboxylic acids is 2. The Hall–Kier alpha value is -1.10. The topological polar surface area (TPSA) is 64.6 Å². The van der Waals surface area contributed by atoms with Gasteiger partial charge in [0, 0.05) is 12.1 Å². The lowest BCUT2D eigenvalue weighted by Crippen LogP contribution is -2.52. The zero-order chi connectivity index (χ0) is 16.7. The number of nitrogens with one attached hydrogen (secondary N) is 1. The molecule has 2 saturated carbocycles. The van der Waals surface area contributed by atoms with Crippen molar-refractivity contribution in [1.29, 1.82) is 0 Å². The fraction of sp³-hybridized carbons (Fsp3) is 0.889. The highest BCUT2D eigenvalue weighted by atomic mass is 16.5. The van der Waals surface area contributed by atoms with Crippen molar-refractivity contribution < 1.29 is 19.1 Å². The van der Waals surface area contributed by atoms with Gasteiger partial charge in [0.15, 0.2) is 0 Å². The fourth-order valence-electron chi connectivity index (χ4n) is 4.00. The molecule has 0 aliphatic heterocycles. The standard InChI is InChI=1S/C18H31NO4/c1-3-22-17(20)13-9-5-7-11-15(13)19-16-12-8-6-10-14(16)18(21)23-4-2/h13-16,19H,3-12H2,1-2H3/t13-,14-,15-,16+/m0/s1. The van der Waals surface area contributed by atoms with E-state index in [2.05, 4.69) is 5.32 Å². The smallest absolute Gasteiger partial charge is 0.310 e. The van der Waals surface area contributed by atoms with Crippen molar-refractivity contribution in [3.05, 3.63) is 0 Å². The summed E-state index contributed by atoms with van der Waals surface area (Å²) in [7, 11) is 0. The molecule has 2 aliphatic carbocycles. The minimum Gasteiger partial charge on any atom is -0.466 e. The third-order valence-corrected chi connectivity index (χ3v) is 5.14. The zero-order valence-corrected chi connectivity index (χ0v) is 14.5. The molecule has 5 heteroatoms. The second-order valence-electron chi connectivity index (χ2n) is 6.67. The third kappa shape index (κ3) is 4.93. The second kappa shape index (κ2) is 9.26. The lowest BCUT2D eigenvalue weighted by molar-refractivity contribution is -0.151. The summed E-state index contributed by atoms with van der Waals surface area (Å²) in [5.41, 5.74) is 0. The van der Waals surface area contributed by atoms with Gasteiger partial charge >= 0.3 is 11.9 Å². The second-order valence-corrected chi connectivity index (χ2v) is 6.67. The maximum atomic E-state index is 12.2. The van der Waals surface area contributed by atoms with Crippen molar-refractivity contribution in [2.24, 2.45) is 11.8 Å². The highest BCUT2D eigenvalue weighted by Gasteiger charge is 2.38. The van der Waals surface area contributed by atoms with Gasteiger partial charge < -0.3 is 14.8 Å². The summed E-state index contributed by atoms with van der Waals surface area (Å²) in [6.07, 6.45) is 8.14. The van der Waals surface area contributed by atoms with Crippen LogP contribution in [0.5, 0.6) is 0 Å². The first-order valence-electron chi connectivity index (χ1n) is 9.26. The molecule has 132 valence electrons. The van der Waals surface area contributed by atoms with E-state index in [9.17, 15) is 9.59 Å². The molecule has 0 amide bonds. The van der Waals surface area contributed by atoms with Gasteiger partial charge in [-0.15, -0.1) is 0 Å². The largest absolute Gasteiger partial charge is 0.466 e. The Labute approximate surface area is 139 Å². The Bertz CT molecular complexity index is 362. The molecule has 4 atom stereocenters. The third-order valence-electron chi connectivity index (χ3n) is 5.14. The molecule has 0 radical (unpaired) electrons. The van der Waals surface area contributed by atoms with Gasteiger partial charge in [0.1, 0.15) is 0 Å². The van der Waals surface area contributed by atoms with Crippen LogP contribution in [0.3, 0.4) is 0 Å². The Morgan fingerprint density at radius 2 is 1.17 bits per heavy atom. The number of esters is 2. The lowest BCUT2D eigenvalue weighted by Gasteiger charge is -2.38. The van der Waals surface area contributed by atoms with Gasteiger partial charge in [-0.3, -0.25) is 9.59 Å². The summed E-state index contributed by atoms with van der Waals surface area (Å²) < 4.78 is 10.5. The summed E-state index contributed by atoms with van der Waals surface area (Å²) in [4.78, 5) is 24.4. The SMILES string of the molecule is CCOC(=O)[C@H]1CCCC[C@@H]1N[C@@H]1CCCC[C@@H]1C(=O)OCC. The van der Waals surface area contributed by atoms with Crippen LogP contribution in [0, 0.1) is 11.8 Å². The van der Waals surface area contributed by atoms with Crippen LogP contribution in [0.4, 0.5) is 0 Å². The molecule has 2 fully saturated rings. The Kier molecular flexibility index (Phi) is 7.34. The van der Waals surface area contributed by atoms with E-state index in [0.717, 1.165) is 51.4 Å². The van der Waals surface area contributed by atoms with Crippen molar-refractivity contribution in [3.8, 4) is 0 Å². The Morgan fingerprint density at radius 1 is 0.783 bits per heavy atom. The predicted molar refractivity (Wildman–Crippen MR) is 87.9 cm³/mol. The summed E-state index contributed by atoms with van der Waals surface area (Å²) in [5, 5.41) is 3.63. The average molecular weight is 325 g/mol. The summed E-state index contributed by atoms with van der Waals surface area (Å²) in [6.45, 7) is 4.55. The van der Waals surface area contributed by atoms with Gasteiger partial charge in [-0.2, -0.15) is 0 Å². The summed E-state index contributed by atoms with van der Waals surface area (Å²) >= 11 is 0. The minimum atomic E-state index is -0.0896. The van der Waals surface area contributed by atoms with Crippen LogP contribution in [0.2, 0.25) is 0 Å². The van der Waals surface area contributed by atoms with Crippen LogP contribution in [0.15, 0.2) is 0 Å². The number of hydrogen-bond acceptors (Lipinski definition) is 5. The first kappa shape index (κ1) is 18.2. The molecule has 0 aromatic rings. The van der Waals surface area contributed by atoms with Crippen LogP contribution < -0.4 is 5.32 Å². The van der Waals surface area contributed by atoms with Gasteiger partial charge in [0.05, 0.1) is 25.0 Å². The fourth-order valence-corrected chi connectivity index (χ4v) is 4.00. The number of hydrogen-bond donors (Lipinski definition) is 1. The van der Waals surface area contributed by atoms with E-state index in [1.807, 2.05) is 13.8 Å². The monoisotopic (exact) mass is 325 g/mol.